The van der Waals surface area contributed by atoms with E-state index in [0.717, 1.165) is 25.7 Å². The Morgan fingerprint density at radius 3 is 2.90 bits per heavy atom. The van der Waals surface area contributed by atoms with Gasteiger partial charge in [0.2, 0.25) is 5.79 Å². The van der Waals surface area contributed by atoms with Gasteiger partial charge < -0.3 is 14.2 Å². The summed E-state index contributed by atoms with van der Waals surface area (Å²) < 4.78 is 17.1. The van der Waals surface area contributed by atoms with Gasteiger partial charge in [0.05, 0.1) is 11.6 Å². The van der Waals surface area contributed by atoms with E-state index in [1.807, 2.05) is 0 Å². The highest BCUT2D eigenvalue weighted by Gasteiger charge is 2.47. The first-order chi connectivity index (χ1) is 9.65. The Morgan fingerprint density at radius 2 is 2.20 bits per heavy atom. The second-order valence-corrected chi connectivity index (χ2v) is 5.54. The van der Waals surface area contributed by atoms with Crippen molar-refractivity contribution < 1.29 is 19.0 Å². The normalized spacial score (nSPS) is 23.2. The molecule has 0 bridgehead atoms. The molecule has 5 heteroatoms. The largest absolute Gasteiger partial charge is 0.464 e. The van der Waals surface area contributed by atoms with Crippen molar-refractivity contribution in [2.24, 2.45) is 0 Å². The van der Waals surface area contributed by atoms with E-state index in [0.29, 0.717) is 22.9 Å². The lowest BCUT2D eigenvalue weighted by Gasteiger charge is -2.39. The van der Waals surface area contributed by atoms with Gasteiger partial charge in [0.1, 0.15) is 5.75 Å². The molecule has 1 aliphatic heterocycles. The third kappa shape index (κ3) is 2.27. The van der Waals surface area contributed by atoms with Crippen molar-refractivity contribution >= 4 is 17.6 Å². The van der Waals surface area contributed by atoms with Crippen LogP contribution in [0.3, 0.4) is 0 Å². The maximum atomic E-state index is 12.2. The monoisotopic (exact) mass is 296 g/mol. The van der Waals surface area contributed by atoms with Crippen molar-refractivity contribution in [1.82, 2.24) is 0 Å². The van der Waals surface area contributed by atoms with Gasteiger partial charge in [-0.05, 0) is 25.8 Å². The van der Waals surface area contributed by atoms with Gasteiger partial charge in [0, 0.05) is 18.4 Å². The molecule has 1 aromatic rings. The Hall–Kier alpha value is -1.26. The van der Waals surface area contributed by atoms with Gasteiger partial charge in [0.15, 0.2) is 6.10 Å². The van der Waals surface area contributed by atoms with Gasteiger partial charge in [-0.2, -0.15) is 0 Å². The number of esters is 1. The van der Waals surface area contributed by atoms with Crippen LogP contribution < -0.4 is 4.74 Å². The summed E-state index contributed by atoms with van der Waals surface area (Å²) in [7, 11) is 0. The van der Waals surface area contributed by atoms with E-state index in [-0.39, 0.29) is 5.97 Å². The van der Waals surface area contributed by atoms with E-state index in [4.69, 9.17) is 25.8 Å². The van der Waals surface area contributed by atoms with Gasteiger partial charge in [-0.1, -0.05) is 23.7 Å². The molecule has 1 atom stereocenters. The van der Waals surface area contributed by atoms with Crippen molar-refractivity contribution in [3.8, 4) is 5.75 Å². The number of para-hydroxylation sites is 1. The quantitative estimate of drug-likeness (QED) is 0.782. The summed E-state index contributed by atoms with van der Waals surface area (Å²) >= 11 is 6.22. The molecule has 20 heavy (non-hydrogen) atoms. The Balaban J connectivity index is 2.01. The molecule has 1 unspecified atom stereocenters. The summed E-state index contributed by atoms with van der Waals surface area (Å²) in [5, 5.41) is 0.506. The number of carbonyl (C=O) groups excluding carboxylic acids is 1. The predicted molar refractivity (Wildman–Crippen MR) is 73.7 cm³/mol. The first-order valence-electron chi connectivity index (χ1n) is 6.97. The van der Waals surface area contributed by atoms with E-state index < -0.39 is 11.9 Å². The standard InChI is InChI=1S/C15H17ClO4/c1-2-18-14(17)13-10-6-5-7-11(16)12(10)19-15(20-13)8-3-4-9-15/h5-7,13H,2-4,8-9H2,1H3. The molecule has 2 aliphatic rings. The summed E-state index contributed by atoms with van der Waals surface area (Å²) in [5.74, 6) is -0.555. The summed E-state index contributed by atoms with van der Waals surface area (Å²) in [6, 6.07) is 5.34. The fraction of sp³-hybridized carbons (Fsp3) is 0.533. The van der Waals surface area contributed by atoms with Crippen LogP contribution in [0.15, 0.2) is 18.2 Å². The summed E-state index contributed by atoms with van der Waals surface area (Å²) in [6.07, 6.45) is 2.83. The molecule has 1 aliphatic carbocycles. The molecule has 1 aromatic carbocycles. The van der Waals surface area contributed by atoms with Crippen LogP contribution in [0.4, 0.5) is 0 Å². The zero-order valence-electron chi connectivity index (χ0n) is 11.4. The Morgan fingerprint density at radius 1 is 1.45 bits per heavy atom. The molecule has 1 heterocycles. The highest BCUT2D eigenvalue weighted by molar-refractivity contribution is 6.32. The van der Waals surface area contributed by atoms with Crippen LogP contribution in [0.5, 0.6) is 5.75 Å². The summed E-state index contributed by atoms with van der Waals surface area (Å²) in [4.78, 5) is 12.2. The number of halogens is 1. The first kappa shape index (κ1) is 13.7. The van der Waals surface area contributed by atoms with E-state index >= 15 is 0 Å². The highest BCUT2D eigenvalue weighted by Crippen LogP contribution is 2.48. The van der Waals surface area contributed by atoms with Crippen molar-refractivity contribution in [3.05, 3.63) is 28.8 Å². The van der Waals surface area contributed by atoms with Crippen LogP contribution in [0, 0.1) is 0 Å². The number of rotatable bonds is 2. The molecule has 1 spiro atoms. The molecule has 4 nitrogen and oxygen atoms in total. The lowest BCUT2D eigenvalue weighted by atomic mass is 10.0. The molecular weight excluding hydrogens is 280 g/mol. The van der Waals surface area contributed by atoms with Crippen molar-refractivity contribution in [1.29, 1.82) is 0 Å². The van der Waals surface area contributed by atoms with Crippen LogP contribution in [0.2, 0.25) is 5.02 Å². The first-order valence-corrected chi connectivity index (χ1v) is 7.35. The summed E-state index contributed by atoms with van der Waals surface area (Å²) in [6.45, 7) is 2.10. The van der Waals surface area contributed by atoms with Crippen LogP contribution in [-0.2, 0) is 14.3 Å². The van der Waals surface area contributed by atoms with E-state index in [9.17, 15) is 4.79 Å². The number of benzene rings is 1. The zero-order chi connectivity index (χ0) is 14.2. The van der Waals surface area contributed by atoms with Crippen LogP contribution >= 0.6 is 11.6 Å². The minimum atomic E-state index is -0.754. The Bertz CT molecular complexity index is 523. The van der Waals surface area contributed by atoms with Crippen molar-refractivity contribution in [3.63, 3.8) is 0 Å². The second kappa shape index (κ2) is 5.26. The Labute approximate surface area is 123 Å². The lowest BCUT2D eigenvalue weighted by molar-refractivity contribution is -0.233. The number of carbonyl (C=O) groups is 1. The van der Waals surface area contributed by atoms with E-state index in [1.54, 1.807) is 25.1 Å². The average Bonchev–Trinajstić information content (AvgIpc) is 2.87. The maximum Gasteiger partial charge on any atom is 0.340 e. The minimum absolute atomic E-state index is 0.322. The second-order valence-electron chi connectivity index (χ2n) is 5.13. The fourth-order valence-electron chi connectivity index (χ4n) is 2.85. The summed E-state index contributed by atoms with van der Waals surface area (Å²) in [5.41, 5.74) is 0.647. The van der Waals surface area contributed by atoms with Gasteiger partial charge in [0.25, 0.3) is 0 Å². The van der Waals surface area contributed by atoms with Gasteiger partial charge in [-0.15, -0.1) is 0 Å². The third-order valence-electron chi connectivity index (χ3n) is 3.77. The molecule has 0 N–H and O–H groups in total. The smallest absolute Gasteiger partial charge is 0.340 e. The number of ether oxygens (including phenoxy) is 3. The molecule has 0 radical (unpaired) electrons. The predicted octanol–water partition coefficient (Wildman–Crippen LogP) is 3.62. The molecule has 0 aromatic heterocycles. The van der Waals surface area contributed by atoms with Gasteiger partial charge in [-0.25, -0.2) is 4.79 Å². The number of hydrogen-bond acceptors (Lipinski definition) is 4. The topological polar surface area (TPSA) is 44.8 Å². The van der Waals surface area contributed by atoms with Crippen LogP contribution in [-0.4, -0.2) is 18.4 Å². The van der Waals surface area contributed by atoms with Crippen LogP contribution in [0.25, 0.3) is 0 Å². The van der Waals surface area contributed by atoms with E-state index in [1.165, 1.54) is 0 Å². The molecule has 3 rings (SSSR count). The van der Waals surface area contributed by atoms with Crippen molar-refractivity contribution in [2.75, 3.05) is 6.61 Å². The molecular formula is C15H17ClO4. The lowest BCUT2D eigenvalue weighted by Crippen LogP contribution is -2.43. The SMILES string of the molecule is CCOC(=O)C1OC2(CCCC2)Oc2c(Cl)cccc21. The maximum absolute atomic E-state index is 12.2. The minimum Gasteiger partial charge on any atom is -0.464 e. The highest BCUT2D eigenvalue weighted by atomic mass is 35.5. The average molecular weight is 297 g/mol. The van der Waals surface area contributed by atoms with Gasteiger partial charge in [-0.3, -0.25) is 0 Å². The number of hydrogen-bond donors (Lipinski definition) is 0. The molecule has 1 saturated carbocycles. The number of fused-ring (bicyclic) bond motifs is 1. The zero-order valence-corrected chi connectivity index (χ0v) is 12.1. The van der Waals surface area contributed by atoms with Gasteiger partial charge >= 0.3 is 5.97 Å². The molecule has 1 fully saturated rings. The third-order valence-corrected chi connectivity index (χ3v) is 4.06. The van der Waals surface area contributed by atoms with Crippen molar-refractivity contribution in [2.45, 2.75) is 44.5 Å². The molecule has 0 amide bonds. The van der Waals surface area contributed by atoms with Crippen LogP contribution in [0.1, 0.15) is 44.3 Å². The van der Waals surface area contributed by atoms with E-state index in [2.05, 4.69) is 0 Å². The molecule has 108 valence electrons. The molecule has 0 saturated heterocycles. The Kier molecular flexibility index (Phi) is 3.61. The fourth-order valence-corrected chi connectivity index (χ4v) is 3.08.